The van der Waals surface area contributed by atoms with Crippen LogP contribution in [0.25, 0.3) is 33.5 Å². The molecule has 0 radical (unpaired) electrons. The van der Waals surface area contributed by atoms with Crippen LogP contribution in [-0.4, -0.2) is 28.1 Å². The molecule has 4 aromatic rings. The molecule has 0 atom stereocenters. The van der Waals surface area contributed by atoms with Crippen molar-refractivity contribution in [3.05, 3.63) is 95.5 Å². The highest BCUT2D eigenvalue weighted by atomic mass is 19.1. The van der Waals surface area contributed by atoms with E-state index in [1.165, 1.54) is 43.3 Å². The van der Waals surface area contributed by atoms with E-state index in [9.17, 15) is 18.0 Å². The van der Waals surface area contributed by atoms with E-state index < -0.39 is 17.5 Å². The van der Waals surface area contributed by atoms with Crippen LogP contribution in [-0.2, 0) is 0 Å². The Balaban J connectivity index is 1.49. The van der Waals surface area contributed by atoms with E-state index in [0.29, 0.717) is 34.4 Å². The molecule has 0 saturated carbocycles. The van der Waals surface area contributed by atoms with Gasteiger partial charge in [-0.05, 0) is 74.4 Å². The van der Waals surface area contributed by atoms with E-state index in [-0.39, 0.29) is 22.7 Å². The molecule has 5 nitrogen and oxygen atoms in total. The fraction of sp³-hybridized carbons (Fsp3) is 0.172. The third-order valence-corrected chi connectivity index (χ3v) is 6.24. The first-order valence-corrected chi connectivity index (χ1v) is 11.9. The van der Waals surface area contributed by atoms with Crippen molar-refractivity contribution in [1.29, 1.82) is 0 Å². The molecule has 0 spiro atoms. The maximum atomic E-state index is 14.4. The summed E-state index contributed by atoms with van der Waals surface area (Å²) >= 11 is 0. The Labute approximate surface area is 211 Å². The lowest BCUT2D eigenvalue weighted by Crippen LogP contribution is -2.24. The van der Waals surface area contributed by atoms with E-state index >= 15 is 0 Å². The van der Waals surface area contributed by atoms with Crippen molar-refractivity contribution < 1.29 is 18.0 Å². The molecule has 3 aromatic carbocycles. The quantitative estimate of drug-likeness (QED) is 0.292. The molecule has 0 bridgehead atoms. The van der Waals surface area contributed by atoms with E-state index in [0.717, 1.165) is 25.0 Å². The maximum absolute atomic E-state index is 14.4. The number of hydrogen-bond donors (Lipinski definition) is 1. The Morgan fingerprint density at radius 3 is 2.30 bits per heavy atom. The zero-order chi connectivity index (χ0) is 25.9. The van der Waals surface area contributed by atoms with Crippen LogP contribution in [0.5, 0.6) is 0 Å². The average molecular weight is 501 g/mol. The number of fused-ring (bicyclic) bond motifs is 1. The van der Waals surface area contributed by atoms with Crippen LogP contribution < -0.4 is 5.32 Å². The molecule has 1 aliphatic heterocycles. The minimum absolute atomic E-state index is 0.101. The molecule has 186 valence electrons. The minimum atomic E-state index is -0.713. The van der Waals surface area contributed by atoms with Crippen LogP contribution in [0, 0.1) is 24.4 Å². The van der Waals surface area contributed by atoms with Gasteiger partial charge in [0.2, 0.25) is 0 Å². The minimum Gasteiger partial charge on any atom is -0.352 e. The third-order valence-electron chi connectivity index (χ3n) is 6.24. The van der Waals surface area contributed by atoms with Crippen LogP contribution in [0.3, 0.4) is 0 Å². The van der Waals surface area contributed by atoms with Crippen LogP contribution in [0.15, 0.2) is 71.9 Å². The molecule has 5 rings (SSSR count). The summed E-state index contributed by atoms with van der Waals surface area (Å²) in [5.41, 5.74) is 3.56. The largest absolute Gasteiger partial charge is 0.352 e. The Hall–Kier alpha value is -4.33. The van der Waals surface area contributed by atoms with Gasteiger partial charge < -0.3 is 5.32 Å². The van der Waals surface area contributed by atoms with E-state index in [4.69, 9.17) is 0 Å². The number of carbonyl (C=O) groups is 1. The van der Waals surface area contributed by atoms with Gasteiger partial charge in [0, 0.05) is 47.1 Å². The van der Waals surface area contributed by atoms with Gasteiger partial charge in [0.1, 0.15) is 17.5 Å². The number of allylic oxidation sites excluding steroid dienone is 1. The normalized spacial score (nSPS) is 12.7. The molecule has 0 unspecified atom stereocenters. The number of nitrogens with one attached hydrogen (secondary N) is 1. The van der Waals surface area contributed by atoms with Gasteiger partial charge in [-0.3, -0.25) is 9.79 Å². The smallest absolute Gasteiger partial charge is 0.251 e. The zero-order valence-corrected chi connectivity index (χ0v) is 20.1. The topological polar surface area (TPSA) is 67.2 Å². The predicted molar refractivity (Wildman–Crippen MR) is 138 cm³/mol. The van der Waals surface area contributed by atoms with Crippen LogP contribution in [0.1, 0.15) is 35.2 Å². The summed E-state index contributed by atoms with van der Waals surface area (Å²) < 4.78 is 42.4. The molecule has 8 heteroatoms. The molecule has 1 N–H and O–H groups in total. The predicted octanol–water partition coefficient (Wildman–Crippen LogP) is 6.56. The lowest BCUT2D eigenvalue weighted by Gasteiger charge is -2.13. The number of aromatic nitrogens is 2. The van der Waals surface area contributed by atoms with Gasteiger partial charge in [0.05, 0.1) is 22.4 Å². The van der Waals surface area contributed by atoms with Gasteiger partial charge in [-0.25, -0.2) is 23.1 Å². The molecule has 37 heavy (non-hydrogen) atoms. The Morgan fingerprint density at radius 1 is 0.892 bits per heavy atom. The Morgan fingerprint density at radius 2 is 1.59 bits per heavy atom. The van der Waals surface area contributed by atoms with Gasteiger partial charge in [0.15, 0.2) is 0 Å². The summed E-state index contributed by atoms with van der Waals surface area (Å²) in [6.45, 7) is 1.85. The van der Waals surface area contributed by atoms with Crippen molar-refractivity contribution in [2.45, 2.75) is 26.2 Å². The van der Waals surface area contributed by atoms with Gasteiger partial charge >= 0.3 is 0 Å². The number of rotatable bonds is 7. The number of carbonyl (C=O) groups excluding carboxylic acids is 1. The summed E-state index contributed by atoms with van der Waals surface area (Å²) in [5, 5.41) is 2.90. The first kappa shape index (κ1) is 24.4. The van der Waals surface area contributed by atoms with Crippen molar-refractivity contribution >= 4 is 22.7 Å². The van der Waals surface area contributed by atoms with Crippen molar-refractivity contribution in [1.82, 2.24) is 15.3 Å². The van der Waals surface area contributed by atoms with Crippen molar-refractivity contribution in [3.63, 3.8) is 0 Å². The number of hydrogen-bond acceptors (Lipinski definition) is 4. The summed E-state index contributed by atoms with van der Waals surface area (Å²) in [6, 6.07) is 12.9. The molecular weight excluding hydrogens is 477 g/mol. The summed E-state index contributed by atoms with van der Waals surface area (Å²) in [4.78, 5) is 26.3. The maximum Gasteiger partial charge on any atom is 0.251 e. The molecular formula is C29H23F3N4O. The van der Waals surface area contributed by atoms with Crippen molar-refractivity contribution in [2.24, 2.45) is 4.99 Å². The highest BCUT2D eigenvalue weighted by Crippen LogP contribution is 2.33. The number of amides is 1. The molecule has 0 saturated heterocycles. The van der Waals surface area contributed by atoms with E-state index in [1.807, 2.05) is 6.08 Å². The van der Waals surface area contributed by atoms with Crippen LogP contribution in [0.4, 0.5) is 13.2 Å². The summed E-state index contributed by atoms with van der Waals surface area (Å²) in [6.07, 6.45) is 6.23. The molecule has 1 amide bonds. The van der Waals surface area contributed by atoms with E-state index in [1.54, 1.807) is 24.4 Å². The molecule has 0 aliphatic carbocycles. The third kappa shape index (κ3) is 5.28. The number of aliphatic imine (C=N–C) groups is 1. The number of nitrogens with zero attached hydrogens (tertiary/aromatic N) is 3. The van der Waals surface area contributed by atoms with Crippen LogP contribution in [0.2, 0.25) is 0 Å². The second kappa shape index (κ2) is 10.3. The summed E-state index contributed by atoms with van der Waals surface area (Å²) in [5.74, 6) is -2.11. The van der Waals surface area contributed by atoms with Gasteiger partial charge in [-0.15, -0.1) is 0 Å². The fourth-order valence-electron chi connectivity index (χ4n) is 4.15. The highest BCUT2D eigenvalue weighted by Gasteiger charge is 2.18. The second-order valence-electron chi connectivity index (χ2n) is 8.84. The standard InChI is InChI=1S/C29H23F3N4O/c1-17-23(31)14-20(15-24(17)32)28-27(18-6-9-21(30)10-7-18)35-25-11-8-19(16-26(25)36-28)29(37)34-13-3-5-22-4-2-12-33-22/h2,6-12,14-16H,3-5,13H2,1H3,(H,34,37). The van der Waals surface area contributed by atoms with Crippen molar-refractivity contribution in [3.8, 4) is 22.5 Å². The molecule has 1 aliphatic rings. The second-order valence-corrected chi connectivity index (χ2v) is 8.84. The summed E-state index contributed by atoms with van der Waals surface area (Å²) in [7, 11) is 0. The lowest BCUT2D eigenvalue weighted by molar-refractivity contribution is 0.0953. The number of halogens is 3. The van der Waals surface area contributed by atoms with E-state index in [2.05, 4.69) is 20.3 Å². The lowest BCUT2D eigenvalue weighted by atomic mass is 10.0. The fourth-order valence-corrected chi connectivity index (χ4v) is 4.15. The van der Waals surface area contributed by atoms with Crippen LogP contribution >= 0.6 is 0 Å². The average Bonchev–Trinajstić information content (AvgIpc) is 3.42. The van der Waals surface area contributed by atoms with Gasteiger partial charge in [-0.2, -0.15) is 0 Å². The molecule has 0 fully saturated rings. The number of benzene rings is 3. The first-order valence-electron chi connectivity index (χ1n) is 11.9. The van der Waals surface area contributed by atoms with Gasteiger partial charge in [0.25, 0.3) is 5.91 Å². The highest BCUT2D eigenvalue weighted by molar-refractivity contribution is 5.98. The zero-order valence-electron chi connectivity index (χ0n) is 20.1. The van der Waals surface area contributed by atoms with Crippen molar-refractivity contribution in [2.75, 3.05) is 6.54 Å². The Bertz CT molecular complexity index is 1540. The monoisotopic (exact) mass is 500 g/mol. The SMILES string of the molecule is Cc1c(F)cc(-c2nc3cc(C(=O)NCCCC4=NC=CC4)ccc3nc2-c2ccc(F)cc2)cc1F. The first-order chi connectivity index (χ1) is 17.9. The molecule has 1 aromatic heterocycles. The molecule has 2 heterocycles. The van der Waals surface area contributed by atoms with Gasteiger partial charge in [-0.1, -0.05) is 6.08 Å². The Kier molecular flexibility index (Phi) is 6.81.